The van der Waals surface area contributed by atoms with Gasteiger partial charge in [-0.15, -0.1) is 0 Å². The molecule has 0 bridgehead atoms. The van der Waals surface area contributed by atoms with Crippen LogP contribution < -0.4 is 0 Å². The lowest BCUT2D eigenvalue weighted by molar-refractivity contribution is -0.146. The Morgan fingerprint density at radius 1 is 1.12 bits per heavy atom. The average Bonchev–Trinajstić information content (AvgIpc) is 3.03. The largest absolute Gasteiger partial charge is 0.465 e. The summed E-state index contributed by atoms with van der Waals surface area (Å²) in [6.45, 7) is 9.48. The predicted molar refractivity (Wildman–Crippen MR) is 93.4 cm³/mol. The monoisotopic (exact) mass is 347 g/mol. The number of carbonyl (C=O) groups excluding carboxylic acids is 2. The van der Waals surface area contributed by atoms with Crippen molar-refractivity contribution in [2.45, 2.75) is 47.0 Å². The zero-order chi connectivity index (χ0) is 18.6. The Bertz CT molecular complexity index is 713. The Hall–Kier alpha value is -2.37. The van der Waals surface area contributed by atoms with E-state index in [1.54, 1.807) is 33.8 Å². The first-order chi connectivity index (χ1) is 11.9. The second kappa shape index (κ2) is 8.14. The second-order valence-corrected chi connectivity index (χ2v) is 5.84. The summed E-state index contributed by atoms with van der Waals surface area (Å²) < 4.78 is 16.3. The van der Waals surface area contributed by atoms with Gasteiger partial charge in [0.1, 0.15) is 17.4 Å². The van der Waals surface area contributed by atoms with Gasteiger partial charge >= 0.3 is 11.9 Å². The first-order valence-corrected chi connectivity index (χ1v) is 8.62. The van der Waals surface area contributed by atoms with Crippen LogP contribution in [-0.2, 0) is 25.5 Å². The van der Waals surface area contributed by atoms with Gasteiger partial charge in [-0.25, -0.2) is 4.79 Å². The molecule has 0 saturated heterocycles. The molecule has 6 nitrogen and oxygen atoms in total. The lowest BCUT2D eigenvalue weighted by atomic mass is 9.78. The van der Waals surface area contributed by atoms with Crippen LogP contribution in [0.15, 0.2) is 32.8 Å². The topological polar surface area (TPSA) is 78.1 Å². The van der Waals surface area contributed by atoms with Gasteiger partial charge in [0.15, 0.2) is 0 Å². The van der Waals surface area contributed by atoms with Gasteiger partial charge in [0.25, 0.3) is 0 Å². The maximum absolute atomic E-state index is 12.6. The highest BCUT2D eigenvalue weighted by molar-refractivity contribution is 6.06. The van der Waals surface area contributed by atoms with Crippen LogP contribution in [0.25, 0.3) is 0 Å². The van der Waals surface area contributed by atoms with E-state index in [1.165, 1.54) is 0 Å². The third-order valence-electron chi connectivity index (χ3n) is 4.20. The Labute approximate surface area is 147 Å². The molecule has 0 spiro atoms. The highest BCUT2D eigenvalue weighted by Gasteiger charge is 2.44. The summed E-state index contributed by atoms with van der Waals surface area (Å²) in [6.07, 6.45) is 0.724. The molecule has 2 heterocycles. The summed E-state index contributed by atoms with van der Waals surface area (Å²) in [5, 5.41) is 0. The van der Waals surface area contributed by atoms with Crippen molar-refractivity contribution in [3.05, 3.63) is 34.9 Å². The van der Waals surface area contributed by atoms with Gasteiger partial charge in [-0.3, -0.25) is 9.79 Å². The fourth-order valence-electron chi connectivity index (χ4n) is 3.11. The minimum absolute atomic E-state index is 0.244. The van der Waals surface area contributed by atoms with Crippen LogP contribution in [0.5, 0.6) is 0 Å². The zero-order valence-corrected chi connectivity index (χ0v) is 15.4. The number of aryl methyl sites for hydroxylation is 1. The molecule has 0 radical (unpaired) electrons. The van der Waals surface area contributed by atoms with E-state index < -0.39 is 23.8 Å². The van der Waals surface area contributed by atoms with Gasteiger partial charge < -0.3 is 13.9 Å². The van der Waals surface area contributed by atoms with E-state index in [1.807, 2.05) is 13.0 Å². The number of allylic oxidation sites excluding steroid dienone is 1. The number of ether oxygens (including phenoxy) is 2. The summed E-state index contributed by atoms with van der Waals surface area (Å²) in [5.41, 5.74) is 1.49. The molecule has 1 aromatic heterocycles. The molecule has 6 heteroatoms. The SMILES string of the molecule is CCOC(=O)C1=C(C)N=C(C)C(C(=O)OCC)C1c1ccc(CC)o1. The second-order valence-electron chi connectivity index (χ2n) is 5.84. The molecular formula is C19H25NO5. The Balaban J connectivity index is 2.58. The molecule has 0 saturated carbocycles. The maximum atomic E-state index is 12.6. The summed E-state index contributed by atoms with van der Waals surface area (Å²) in [4.78, 5) is 29.5. The third kappa shape index (κ3) is 3.83. The quantitative estimate of drug-likeness (QED) is 0.737. The summed E-state index contributed by atoms with van der Waals surface area (Å²) in [5.74, 6) is -0.873. The molecule has 136 valence electrons. The van der Waals surface area contributed by atoms with Gasteiger partial charge in [-0.2, -0.15) is 0 Å². The number of hydrogen-bond acceptors (Lipinski definition) is 6. The lowest BCUT2D eigenvalue weighted by Gasteiger charge is -2.29. The molecular weight excluding hydrogens is 322 g/mol. The van der Waals surface area contributed by atoms with E-state index in [4.69, 9.17) is 13.9 Å². The molecule has 2 unspecified atom stereocenters. The summed E-state index contributed by atoms with van der Waals surface area (Å²) >= 11 is 0. The van der Waals surface area contributed by atoms with Crippen LogP contribution >= 0.6 is 0 Å². The van der Waals surface area contributed by atoms with Crippen LogP contribution in [-0.4, -0.2) is 30.9 Å². The number of esters is 2. The Kier molecular flexibility index (Phi) is 6.17. The number of rotatable bonds is 6. The minimum atomic E-state index is -0.709. The van der Waals surface area contributed by atoms with Crippen molar-refractivity contribution in [3.63, 3.8) is 0 Å². The molecule has 2 atom stereocenters. The molecule has 0 N–H and O–H groups in total. The standard InChI is InChI=1S/C19H25NO5/c1-6-13-9-10-14(25-13)17-15(18(21)23-7-2)11(4)20-12(5)16(17)19(22)24-8-3/h9-10,15,17H,6-8H2,1-5H3. The molecule has 1 aromatic rings. The van der Waals surface area contributed by atoms with Crippen LogP contribution in [0.1, 0.15) is 52.1 Å². The van der Waals surface area contributed by atoms with Gasteiger partial charge in [0.2, 0.25) is 0 Å². The number of carbonyl (C=O) groups is 2. The van der Waals surface area contributed by atoms with E-state index in [9.17, 15) is 9.59 Å². The highest BCUT2D eigenvalue weighted by atomic mass is 16.5. The molecule has 0 aliphatic carbocycles. The van der Waals surface area contributed by atoms with Crippen molar-refractivity contribution in [2.24, 2.45) is 10.9 Å². The van der Waals surface area contributed by atoms with Gasteiger partial charge in [-0.05, 0) is 39.8 Å². The van der Waals surface area contributed by atoms with Crippen molar-refractivity contribution in [1.82, 2.24) is 0 Å². The number of aliphatic imine (C=N–C) groups is 1. The molecule has 1 aliphatic heterocycles. The van der Waals surface area contributed by atoms with Crippen molar-refractivity contribution >= 4 is 17.7 Å². The van der Waals surface area contributed by atoms with E-state index in [0.717, 1.165) is 12.2 Å². The molecule has 1 aliphatic rings. The number of furan rings is 1. The van der Waals surface area contributed by atoms with Crippen LogP contribution in [0.2, 0.25) is 0 Å². The Morgan fingerprint density at radius 2 is 1.80 bits per heavy atom. The van der Waals surface area contributed by atoms with Crippen molar-refractivity contribution in [2.75, 3.05) is 13.2 Å². The van der Waals surface area contributed by atoms with Crippen molar-refractivity contribution < 1.29 is 23.5 Å². The maximum Gasteiger partial charge on any atom is 0.336 e. The summed E-state index contributed by atoms with van der Waals surface area (Å²) in [6, 6.07) is 3.66. The van der Waals surface area contributed by atoms with Crippen molar-refractivity contribution in [1.29, 1.82) is 0 Å². The number of nitrogens with zero attached hydrogens (tertiary/aromatic N) is 1. The molecule has 0 aromatic carbocycles. The van der Waals surface area contributed by atoms with Crippen LogP contribution in [0.3, 0.4) is 0 Å². The molecule has 2 rings (SSSR count). The van der Waals surface area contributed by atoms with Crippen LogP contribution in [0, 0.1) is 5.92 Å². The first kappa shape index (κ1) is 19.0. The van der Waals surface area contributed by atoms with Gasteiger partial charge in [-0.1, -0.05) is 6.92 Å². The van der Waals surface area contributed by atoms with E-state index >= 15 is 0 Å². The normalized spacial score (nSPS) is 20.3. The van der Waals surface area contributed by atoms with Gasteiger partial charge in [0, 0.05) is 17.8 Å². The fraction of sp³-hybridized carbons (Fsp3) is 0.526. The average molecular weight is 347 g/mol. The van der Waals surface area contributed by atoms with E-state index in [0.29, 0.717) is 22.7 Å². The highest BCUT2D eigenvalue weighted by Crippen LogP contribution is 2.40. The lowest BCUT2D eigenvalue weighted by Crippen LogP contribution is -2.36. The Morgan fingerprint density at radius 3 is 2.36 bits per heavy atom. The zero-order valence-electron chi connectivity index (χ0n) is 15.4. The molecule has 0 amide bonds. The van der Waals surface area contributed by atoms with Crippen molar-refractivity contribution in [3.8, 4) is 0 Å². The van der Waals surface area contributed by atoms with Crippen LogP contribution in [0.4, 0.5) is 0 Å². The smallest absolute Gasteiger partial charge is 0.336 e. The third-order valence-corrected chi connectivity index (χ3v) is 4.20. The minimum Gasteiger partial charge on any atom is -0.465 e. The fourth-order valence-corrected chi connectivity index (χ4v) is 3.11. The van der Waals surface area contributed by atoms with Gasteiger partial charge in [0.05, 0.1) is 24.7 Å². The van der Waals surface area contributed by atoms with E-state index in [2.05, 4.69) is 4.99 Å². The predicted octanol–water partition coefficient (Wildman–Crippen LogP) is 3.42. The van der Waals surface area contributed by atoms with E-state index in [-0.39, 0.29) is 13.2 Å². The molecule has 25 heavy (non-hydrogen) atoms. The number of hydrogen-bond donors (Lipinski definition) is 0. The summed E-state index contributed by atoms with van der Waals surface area (Å²) in [7, 11) is 0. The first-order valence-electron chi connectivity index (χ1n) is 8.62. The molecule has 0 fully saturated rings.